The van der Waals surface area contributed by atoms with Crippen molar-refractivity contribution in [2.75, 3.05) is 20.3 Å². The molecule has 1 aromatic carbocycles. The Morgan fingerprint density at radius 3 is 2.61 bits per heavy atom. The molecule has 0 aliphatic carbocycles. The zero-order chi connectivity index (χ0) is 26.5. The molecule has 0 amide bonds. The smallest absolute Gasteiger partial charge is 0.262 e. The molecule has 2 N–H and O–H groups in total. The van der Waals surface area contributed by atoms with Gasteiger partial charge in [-0.15, -0.1) is 0 Å². The average molecular weight is 536 g/mol. The van der Waals surface area contributed by atoms with Crippen molar-refractivity contribution in [2.24, 2.45) is 5.14 Å². The Kier molecular flexibility index (Phi) is 7.45. The largest absolute Gasteiger partial charge is 0.497 e. The SMILES string of the molecule is COc1cccc(Oc2c(OCC3CCCO3)nc(-c3ccncc3)nc2-c2cccnc2S(N)(=O)=O)c1. The highest BCUT2D eigenvalue weighted by Gasteiger charge is 2.27. The lowest BCUT2D eigenvalue weighted by molar-refractivity contribution is 0.0654. The van der Waals surface area contributed by atoms with Gasteiger partial charge in [0.1, 0.15) is 23.8 Å². The molecule has 1 aliphatic heterocycles. The first-order valence-electron chi connectivity index (χ1n) is 11.8. The highest BCUT2D eigenvalue weighted by molar-refractivity contribution is 7.89. The number of nitrogens with zero attached hydrogens (tertiary/aromatic N) is 4. The predicted molar refractivity (Wildman–Crippen MR) is 137 cm³/mol. The minimum Gasteiger partial charge on any atom is -0.497 e. The lowest BCUT2D eigenvalue weighted by atomic mass is 10.1. The molecule has 1 unspecified atom stereocenters. The van der Waals surface area contributed by atoms with Crippen LogP contribution < -0.4 is 19.3 Å². The van der Waals surface area contributed by atoms with Gasteiger partial charge in [0.25, 0.3) is 15.9 Å². The van der Waals surface area contributed by atoms with Crippen molar-refractivity contribution in [3.05, 3.63) is 67.1 Å². The summed E-state index contributed by atoms with van der Waals surface area (Å²) in [6, 6.07) is 13.5. The molecule has 5 rings (SSSR count). The van der Waals surface area contributed by atoms with E-state index in [-0.39, 0.29) is 46.4 Å². The third-order valence-corrected chi connectivity index (χ3v) is 6.62. The molecule has 4 aromatic rings. The summed E-state index contributed by atoms with van der Waals surface area (Å²) < 4.78 is 48.4. The lowest BCUT2D eigenvalue weighted by Gasteiger charge is -2.19. The van der Waals surface area contributed by atoms with Crippen LogP contribution in [0.4, 0.5) is 0 Å². The van der Waals surface area contributed by atoms with E-state index in [1.807, 2.05) is 0 Å². The third kappa shape index (κ3) is 5.72. The molecule has 0 saturated carbocycles. The van der Waals surface area contributed by atoms with E-state index in [4.69, 9.17) is 29.1 Å². The number of primary sulfonamides is 1. The number of pyridine rings is 2. The number of rotatable bonds is 9. The van der Waals surface area contributed by atoms with E-state index in [1.165, 1.54) is 6.20 Å². The Hall–Kier alpha value is -4.13. The number of hydrogen-bond acceptors (Lipinski definition) is 10. The summed E-state index contributed by atoms with van der Waals surface area (Å²) in [4.78, 5) is 17.4. The molecule has 4 heterocycles. The van der Waals surface area contributed by atoms with Crippen LogP contribution in [0.2, 0.25) is 0 Å². The van der Waals surface area contributed by atoms with Gasteiger partial charge in [-0.1, -0.05) is 6.07 Å². The molecule has 0 radical (unpaired) electrons. The summed E-state index contributed by atoms with van der Waals surface area (Å²) in [6.45, 7) is 0.877. The number of methoxy groups -OCH3 is 1. The first-order chi connectivity index (χ1) is 18.4. The van der Waals surface area contributed by atoms with Gasteiger partial charge in [0.2, 0.25) is 5.75 Å². The van der Waals surface area contributed by atoms with Crippen molar-refractivity contribution >= 4 is 10.0 Å². The molecule has 1 aliphatic rings. The molecule has 196 valence electrons. The van der Waals surface area contributed by atoms with Gasteiger partial charge in [0.05, 0.1) is 13.2 Å². The molecule has 0 bridgehead atoms. The van der Waals surface area contributed by atoms with Crippen molar-refractivity contribution in [1.29, 1.82) is 0 Å². The molecule has 0 spiro atoms. The lowest BCUT2D eigenvalue weighted by Crippen LogP contribution is -2.18. The standard InChI is InChI=1S/C26H25N5O6S/c1-34-18-5-2-6-19(15-18)37-23-22(21-8-3-11-29-26(21)38(27,32)33)30-24(17-9-12-28-13-10-17)31-25(23)36-16-20-7-4-14-35-20/h2-3,5-6,8-13,15,20H,4,7,14,16H2,1H3,(H2,27,32,33). The molecule has 3 aromatic heterocycles. The van der Waals surface area contributed by atoms with E-state index >= 15 is 0 Å². The molecule has 1 saturated heterocycles. The molecular formula is C26H25N5O6S. The highest BCUT2D eigenvalue weighted by atomic mass is 32.2. The average Bonchev–Trinajstić information content (AvgIpc) is 3.46. The summed E-state index contributed by atoms with van der Waals surface area (Å²) in [6.07, 6.45) is 6.22. The highest BCUT2D eigenvalue weighted by Crippen LogP contribution is 2.42. The molecule has 11 nitrogen and oxygen atoms in total. The van der Waals surface area contributed by atoms with Crippen LogP contribution in [0, 0.1) is 0 Å². The predicted octanol–water partition coefficient (Wildman–Crippen LogP) is 3.61. The van der Waals surface area contributed by atoms with Gasteiger partial charge in [-0.2, -0.15) is 4.98 Å². The molecule has 1 atom stereocenters. The van der Waals surface area contributed by atoms with Gasteiger partial charge in [0, 0.05) is 42.4 Å². The van der Waals surface area contributed by atoms with Crippen LogP contribution in [0.5, 0.6) is 23.1 Å². The van der Waals surface area contributed by atoms with Gasteiger partial charge >= 0.3 is 0 Å². The summed E-state index contributed by atoms with van der Waals surface area (Å²) in [7, 11) is -2.67. The van der Waals surface area contributed by atoms with Crippen molar-refractivity contribution in [1.82, 2.24) is 19.9 Å². The fourth-order valence-electron chi connectivity index (χ4n) is 3.96. The second-order valence-electron chi connectivity index (χ2n) is 8.39. The van der Waals surface area contributed by atoms with Crippen LogP contribution in [-0.2, 0) is 14.8 Å². The fraction of sp³-hybridized carbons (Fsp3) is 0.231. The molecule has 12 heteroatoms. The second kappa shape index (κ2) is 11.1. The Bertz CT molecular complexity index is 1530. The maximum Gasteiger partial charge on any atom is 0.262 e. The quantitative estimate of drug-likeness (QED) is 0.337. The number of nitrogens with two attached hydrogens (primary N) is 1. The Morgan fingerprint density at radius 1 is 1.05 bits per heavy atom. The van der Waals surface area contributed by atoms with Gasteiger partial charge in [0.15, 0.2) is 10.9 Å². The molecule has 38 heavy (non-hydrogen) atoms. The van der Waals surface area contributed by atoms with Crippen molar-refractivity contribution < 1.29 is 27.4 Å². The van der Waals surface area contributed by atoms with E-state index in [0.29, 0.717) is 23.7 Å². The second-order valence-corrected chi connectivity index (χ2v) is 9.87. The Balaban J connectivity index is 1.72. The van der Waals surface area contributed by atoms with E-state index in [0.717, 1.165) is 12.8 Å². The third-order valence-electron chi connectivity index (χ3n) is 5.76. The number of benzene rings is 1. The monoisotopic (exact) mass is 535 g/mol. The van der Waals surface area contributed by atoms with E-state index in [1.54, 1.807) is 68.0 Å². The maximum absolute atomic E-state index is 12.5. The summed E-state index contributed by atoms with van der Waals surface area (Å²) in [5.74, 6) is 1.42. The summed E-state index contributed by atoms with van der Waals surface area (Å²) in [5.41, 5.74) is 0.902. The first kappa shape index (κ1) is 25.5. The normalized spacial score (nSPS) is 15.3. The Labute approximate surface area is 219 Å². The van der Waals surface area contributed by atoms with E-state index < -0.39 is 10.0 Å². The van der Waals surface area contributed by atoms with Gasteiger partial charge in [-0.25, -0.2) is 23.5 Å². The molecule has 1 fully saturated rings. The summed E-state index contributed by atoms with van der Waals surface area (Å²) in [5, 5.41) is 5.16. The minimum atomic E-state index is -4.22. The van der Waals surface area contributed by atoms with Crippen LogP contribution in [0.25, 0.3) is 22.6 Å². The van der Waals surface area contributed by atoms with E-state index in [9.17, 15) is 8.42 Å². The maximum atomic E-state index is 12.5. The van der Waals surface area contributed by atoms with Gasteiger partial charge in [-0.05, 0) is 49.2 Å². The van der Waals surface area contributed by atoms with Crippen molar-refractivity contribution in [2.45, 2.75) is 24.0 Å². The van der Waals surface area contributed by atoms with Crippen molar-refractivity contribution in [3.8, 4) is 45.8 Å². The number of aromatic nitrogens is 4. The van der Waals surface area contributed by atoms with E-state index in [2.05, 4.69) is 15.0 Å². The zero-order valence-electron chi connectivity index (χ0n) is 20.5. The number of sulfonamides is 1. The van der Waals surface area contributed by atoms with Crippen molar-refractivity contribution in [3.63, 3.8) is 0 Å². The van der Waals surface area contributed by atoms with Gasteiger partial charge in [-0.3, -0.25) is 4.98 Å². The van der Waals surface area contributed by atoms with Crippen LogP contribution in [0.15, 0.2) is 72.1 Å². The number of ether oxygens (including phenoxy) is 4. The Morgan fingerprint density at radius 2 is 1.87 bits per heavy atom. The number of hydrogen-bond donors (Lipinski definition) is 1. The summed E-state index contributed by atoms with van der Waals surface area (Å²) >= 11 is 0. The van der Waals surface area contributed by atoms with Crippen LogP contribution in [-0.4, -0.2) is 54.8 Å². The molecular weight excluding hydrogens is 510 g/mol. The van der Waals surface area contributed by atoms with Crippen LogP contribution >= 0.6 is 0 Å². The fourth-order valence-corrected chi connectivity index (χ4v) is 4.64. The van der Waals surface area contributed by atoms with Crippen LogP contribution in [0.3, 0.4) is 0 Å². The van der Waals surface area contributed by atoms with Gasteiger partial charge < -0.3 is 18.9 Å². The first-order valence-corrected chi connectivity index (χ1v) is 13.3. The zero-order valence-corrected chi connectivity index (χ0v) is 21.3. The van der Waals surface area contributed by atoms with Crippen LogP contribution in [0.1, 0.15) is 12.8 Å². The topological polar surface area (TPSA) is 149 Å². The minimum absolute atomic E-state index is 0.0898.